The summed E-state index contributed by atoms with van der Waals surface area (Å²) in [7, 11) is 0. The molecular weight excluding hydrogens is 859 g/mol. The molecule has 0 aliphatic carbocycles. The fourth-order valence-electron chi connectivity index (χ4n) is 8.70. The molecule has 68 heavy (non-hydrogen) atoms. The van der Waals surface area contributed by atoms with Gasteiger partial charge >= 0.3 is 5.97 Å². The van der Waals surface area contributed by atoms with Crippen molar-refractivity contribution in [1.82, 2.24) is 5.32 Å². The molecule has 1 aliphatic rings. The van der Waals surface area contributed by atoms with Crippen molar-refractivity contribution in [3.8, 4) is 0 Å². The maximum absolute atomic E-state index is 13.0. The minimum absolute atomic E-state index is 0.0249. The van der Waals surface area contributed by atoms with E-state index in [9.17, 15) is 35.1 Å². The number of aliphatic hydroxyl groups is 5. The van der Waals surface area contributed by atoms with Crippen molar-refractivity contribution in [1.29, 1.82) is 0 Å². The first-order chi connectivity index (χ1) is 33.2. The molecule has 7 atom stereocenters. The Morgan fingerprint density at radius 3 is 1.46 bits per heavy atom. The summed E-state index contributed by atoms with van der Waals surface area (Å²) in [4.78, 5) is 25.1. The van der Waals surface area contributed by atoms with E-state index >= 15 is 0 Å². The number of ether oxygens (including phenoxy) is 3. The summed E-state index contributed by atoms with van der Waals surface area (Å²) in [5.41, 5.74) is 0. The van der Waals surface area contributed by atoms with Gasteiger partial charge in [0.25, 0.3) is 0 Å². The van der Waals surface area contributed by atoms with Crippen LogP contribution >= 0.6 is 0 Å². The summed E-state index contributed by atoms with van der Waals surface area (Å²) >= 11 is 0. The summed E-state index contributed by atoms with van der Waals surface area (Å²) < 4.78 is 16.7. The third kappa shape index (κ3) is 36.8. The SMILES string of the molecule is CCCCCCC/C=C/CC/C=C/CC/C=C/C(O)C(COC1OC(CO)C(O)C(O)C1O)NC(=O)CCCCCCCCCCCCCCCCOC(=O)CCCCCCCCCCCCC. The Morgan fingerprint density at radius 1 is 0.529 bits per heavy atom. The largest absolute Gasteiger partial charge is 0.466 e. The van der Waals surface area contributed by atoms with Crippen LogP contribution in [0.1, 0.15) is 251 Å². The van der Waals surface area contributed by atoms with Gasteiger partial charge in [0.15, 0.2) is 6.29 Å². The van der Waals surface area contributed by atoms with Gasteiger partial charge in [-0.05, 0) is 57.8 Å². The van der Waals surface area contributed by atoms with Crippen molar-refractivity contribution in [2.24, 2.45) is 0 Å². The summed E-state index contributed by atoms with van der Waals surface area (Å²) in [6, 6.07) is -0.842. The summed E-state index contributed by atoms with van der Waals surface area (Å²) in [5, 5.41) is 54.3. The topological polar surface area (TPSA) is 175 Å². The Labute approximate surface area is 415 Å². The number of rotatable bonds is 48. The lowest BCUT2D eigenvalue weighted by Gasteiger charge is -2.40. The fraction of sp³-hybridized carbons (Fsp3) is 0.860. The van der Waals surface area contributed by atoms with Crippen LogP contribution in [0, 0.1) is 0 Å². The minimum Gasteiger partial charge on any atom is -0.466 e. The Kier molecular flexibility index (Phi) is 44.4. The van der Waals surface area contributed by atoms with Crippen LogP contribution in [-0.4, -0.2) is 100 Å². The first-order valence-corrected chi connectivity index (χ1v) is 28.3. The Hall–Kier alpha value is -2.12. The van der Waals surface area contributed by atoms with Crippen molar-refractivity contribution in [2.45, 2.75) is 294 Å². The van der Waals surface area contributed by atoms with Gasteiger partial charge in [-0.3, -0.25) is 9.59 Å². The quantitative estimate of drug-likeness (QED) is 0.0196. The van der Waals surface area contributed by atoms with Gasteiger partial charge in [-0.25, -0.2) is 0 Å². The van der Waals surface area contributed by atoms with E-state index in [2.05, 4.69) is 43.5 Å². The molecule has 0 radical (unpaired) electrons. The predicted molar refractivity (Wildman–Crippen MR) is 278 cm³/mol. The van der Waals surface area contributed by atoms with E-state index in [1.807, 2.05) is 6.08 Å². The van der Waals surface area contributed by atoms with Gasteiger partial charge < -0.3 is 45.1 Å². The second-order valence-electron chi connectivity index (χ2n) is 19.6. The lowest BCUT2D eigenvalue weighted by atomic mass is 9.99. The van der Waals surface area contributed by atoms with E-state index in [0.717, 1.165) is 83.5 Å². The summed E-state index contributed by atoms with van der Waals surface area (Å²) in [6.45, 7) is 4.27. The number of allylic oxidation sites excluding steroid dienone is 5. The van der Waals surface area contributed by atoms with Gasteiger partial charge in [0.05, 0.1) is 32.0 Å². The number of carbonyl (C=O) groups excluding carboxylic acids is 2. The minimum atomic E-state index is -1.58. The van der Waals surface area contributed by atoms with Crippen molar-refractivity contribution in [3.05, 3.63) is 36.5 Å². The molecule has 1 amide bonds. The number of unbranched alkanes of at least 4 members (excludes halogenated alkanes) is 30. The summed E-state index contributed by atoms with van der Waals surface area (Å²) in [5.74, 6) is -0.232. The van der Waals surface area contributed by atoms with Gasteiger partial charge in [0, 0.05) is 12.8 Å². The number of amides is 1. The Morgan fingerprint density at radius 2 is 0.956 bits per heavy atom. The first kappa shape index (κ1) is 63.9. The number of aliphatic hydroxyl groups excluding tert-OH is 5. The number of esters is 1. The molecule has 1 heterocycles. The smallest absolute Gasteiger partial charge is 0.305 e. The Balaban J connectivity index is 2.19. The molecule has 0 spiro atoms. The van der Waals surface area contributed by atoms with Crippen LogP contribution in [-0.2, 0) is 23.8 Å². The first-order valence-electron chi connectivity index (χ1n) is 28.3. The van der Waals surface area contributed by atoms with E-state index in [1.165, 1.54) is 141 Å². The highest BCUT2D eigenvalue weighted by Crippen LogP contribution is 2.23. The molecular formula is C57H105NO10. The maximum Gasteiger partial charge on any atom is 0.305 e. The molecule has 11 nitrogen and oxygen atoms in total. The number of carbonyl (C=O) groups is 2. The lowest BCUT2D eigenvalue weighted by Crippen LogP contribution is -2.60. The van der Waals surface area contributed by atoms with Crippen LogP contribution in [0.3, 0.4) is 0 Å². The zero-order valence-corrected chi connectivity index (χ0v) is 43.6. The van der Waals surface area contributed by atoms with Gasteiger partial charge in [0.1, 0.15) is 24.4 Å². The standard InChI is InChI=1S/C57H105NO10/c1-3-5-7-9-11-13-15-16-17-20-24-27-31-35-39-43-50(60)49(48-67-57-56(65)55(64)54(63)51(47-59)68-57)58-52(61)44-40-36-32-28-25-21-18-19-22-26-30-34-38-42-46-66-53(62)45-41-37-33-29-23-14-12-10-8-6-4-2/h15-16,24,27,39,43,49-51,54-57,59-60,63-65H,3-14,17-23,25-26,28-38,40-42,44-48H2,1-2H3,(H,58,61)/b16-15+,27-24+,43-39+. The van der Waals surface area contributed by atoms with E-state index in [-0.39, 0.29) is 18.5 Å². The van der Waals surface area contributed by atoms with Crippen LogP contribution in [0.25, 0.3) is 0 Å². The van der Waals surface area contributed by atoms with E-state index < -0.39 is 49.5 Å². The number of nitrogens with one attached hydrogen (secondary N) is 1. The summed E-state index contributed by atoms with van der Waals surface area (Å²) in [6.07, 6.45) is 46.4. The number of hydrogen-bond acceptors (Lipinski definition) is 10. The second kappa shape index (κ2) is 47.2. The van der Waals surface area contributed by atoms with E-state index in [1.54, 1.807) is 6.08 Å². The average Bonchev–Trinajstić information content (AvgIpc) is 3.33. The highest BCUT2D eigenvalue weighted by atomic mass is 16.7. The molecule has 1 aliphatic heterocycles. The van der Waals surface area contributed by atoms with Crippen molar-refractivity contribution >= 4 is 11.9 Å². The third-order valence-corrected chi connectivity index (χ3v) is 13.2. The normalized spacial score (nSPS) is 19.7. The molecule has 0 aromatic carbocycles. The number of hydrogen-bond donors (Lipinski definition) is 6. The maximum atomic E-state index is 13.0. The molecule has 11 heteroatoms. The van der Waals surface area contributed by atoms with Crippen molar-refractivity contribution in [2.75, 3.05) is 19.8 Å². The predicted octanol–water partition coefficient (Wildman–Crippen LogP) is 12.3. The van der Waals surface area contributed by atoms with Crippen LogP contribution in [0.15, 0.2) is 36.5 Å². The molecule has 1 fully saturated rings. The van der Waals surface area contributed by atoms with Crippen LogP contribution < -0.4 is 5.32 Å². The molecule has 0 aromatic heterocycles. The molecule has 0 aromatic rings. The Bertz CT molecular complexity index is 1230. The van der Waals surface area contributed by atoms with Gasteiger partial charge in [-0.1, -0.05) is 217 Å². The fourth-order valence-corrected chi connectivity index (χ4v) is 8.70. The molecule has 398 valence electrons. The zero-order chi connectivity index (χ0) is 49.6. The molecule has 7 unspecified atom stereocenters. The zero-order valence-electron chi connectivity index (χ0n) is 43.6. The average molecular weight is 964 g/mol. The van der Waals surface area contributed by atoms with Crippen LogP contribution in [0.4, 0.5) is 0 Å². The van der Waals surface area contributed by atoms with Gasteiger partial charge in [-0.15, -0.1) is 0 Å². The van der Waals surface area contributed by atoms with Crippen LogP contribution in [0.5, 0.6) is 0 Å². The second-order valence-corrected chi connectivity index (χ2v) is 19.6. The van der Waals surface area contributed by atoms with Crippen LogP contribution in [0.2, 0.25) is 0 Å². The highest BCUT2D eigenvalue weighted by molar-refractivity contribution is 5.76. The van der Waals surface area contributed by atoms with E-state index in [0.29, 0.717) is 19.4 Å². The third-order valence-electron chi connectivity index (χ3n) is 13.2. The molecule has 0 saturated carbocycles. The van der Waals surface area contributed by atoms with E-state index in [4.69, 9.17) is 14.2 Å². The lowest BCUT2D eigenvalue weighted by molar-refractivity contribution is -0.302. The molecule has 0 bridgehead atoms. The molecule has 1 saturated heterocycles. The highest BCUT2D eigenvalue weighted by Gasteiger charge is 2.44. The van der Waals surface area contributed by atoms with Gasteiger partial charge in [-0.2, -0.15) is 0 Å². The van der Waals surface area contributed by atoms with Crippen molar-refractivity contribution in [3.63, 3.8) is 0 Å². The molecule has 6 N–H and O–H groups in total. The van der Waals surface area contributed by atoms with Crippen molar-refractivity contribution < 1.29 is 49.3 Å². The van der Waals surface area contributed by atoms with Gasteiger partial charge in [0.2, 0.25) is 5.91 Å². The molecule has 1 rings (SSSR count). The monoisotopic (exact) mass is 964 g/mol.